The van der Waals surface area contributed by atoms with Gasteiger partial charge in [-0.1, -0.05) is 30.3 Å². The van der Waals surface area contributed by atoms with E-state index in [4.69, 9.17) is 0 Å². The molecule has 3 heterocycles. The van der Waals surface area contributed by atoms with E-state index in [0.717, 1.165) is 32.0 Å². The Morgan fingerprint density at radius 1 is 1.16 bits per heavy atom. The zero-order valence-electron chi connectivity index (χ0n) is 14.8. The Hall–Kier alpha value is -2.40. The minimum Gasteiger partial charge on any atom is -0.329 e. The molecule has 1 atom stereocenters. The molecule has 0 amide bonds. The van der Waals surface area contributed by atoms with Crippen molar-refractivity contribution in [3.8, 4) is 0 Å². The van der Waals surface area contributed by atoms with Gasteiger partial charge in [-0.3, -0.25) is 9.58 Å². The Morgan fingerprint density at radius 2 is 2.04 bits per heavy atom. The molecule has 3 aromatic rings. The number of hydrogen-bond acceptors (Lipinski definition) is 3. The molecule has 0 aliphatic carbocycles. The van der Waals surface area contributed by atoms with Crippen molar-refractivity contribution in [2.24, 2.45) is 0 Å². The second-order valence-corrected chi connectivity index (χ2v) is 6.96. The molecule has 1 aliphatic heterocycles. The standard InChI is InChI=1S/C20H25N5/c1-17-12-22-25(13-17)15-19-8-5-10-23(19)16-20-21-9-11-24(20)14-18-6-3-2-4-7-18/h2-4,6-7,9,11-13,19H,5,8,10,14-16H2,1H3/t19-/m0/s1. The molecule has 1 aliphatic rings. The number of rotatable bonds is 6. The van der Waals surface area contributed by atoms with Crippen LogP contribution in [-0.2, 0) is 19.6 Å². The predicted molar refractivity (Wildman–Crippen MR) is 98.2 cm³/mol. The first-order valence-electron chi connectivity index (χ1n) is 9.05. The van der Waals surface area contributed by atoms with Crippen LogP contribution in [0.15, 0.2) is 55.1 Å². The monoisotopic (exact) mass is 335 g/mol. The van der Waals surface area contributed by atoms with Gasteiger partial charge >= 0.3 is 0 Å². The first kappa shape index (κ1) is 16.1. The van der Waals surface area contributed by atoms with Crippen molar-refractivity contribution in [2.75, 3.05) is 6.54 Å². The predicted octanol–water partition coefficient (Wildman–Crippen LogP) is 3.10. The van der Waals surface area contributed by atoms with Crippen molar-refractivity contribution in [1.82, 2.24) is 24.2 Å². The zero-order valence-corrected chi connectivity index (χ0v) is 14.8. The van der Waals surface area contributed by atoms with Crippen LogP contribution in [0.5, 0.6) is 0 Å². The number of aromatic nitrogens is 4. The van der Waals surface area contributed by atoms with Gasteiger partial charge in [0.2, 0.25) is 0 Å². The molecule has 1 saturated heterocycles. The lowest BCUT2D eigenvalue weighted by molar-refractivity contribution is 0.212. The summed E-state index contributed by atoms with van der Waals surface area (Å²) in [6.45, 7) is 5.99. The van der Waals surface area contributed by atoms with Crippen molar-refractivity contribution in [1.29, 1.82) is 0 Å². The highest BCUT2D eigenvalue weighted by Crippen LogP contribution is 2.21. The van der Waals surface area contributed by atoms with Crippen LogP contribution in [0.2, 0.25) is 0 Å². The van der Waals surface area contributed by atoms with E-state index in [1.54, 1.807) is 0 Å². The first-order valence-corrected chi connectivity index (χ1v) is 9.05. The summed E-state index contributed by atoms with van der Waals surface area (Å²) in [5, 5.41) is 4.45. The molecule has 2 aromatic heterocycles. The van der Waals surface area contributed by atoms with Gasteiger partial charge in [-0.2, -0.15) is 5.10 Å². The van der Waals surface area contributed by atoms with Crippen molar-refractivity contribution < 1.29 is 0 Å². The molecule has 25 heavy (non-hydrogen) atoms. The minimum atomic E-state index is 0.543. The van der Waals surface area contributed by atoms with Gasteiger partial charge in [0.25, 0.3) is 0 Å². The molecule has 5 heteroatoms. The molecule has 5 nitrogen and oxygen atoms in total. The summed E-state index contributed by atoms with van der Waals surface area (Å²) >= 11 is 0. The molecule has 0 unspecified atom stereocenters. The van der Waals surface area contributed by atoms with Crippen LogP contribution in [0.3, 0.4) is 0 Å². The van der Waals surface area contributed by atoms with E-state index in [1.165, 1.54) is 24.0 Å². The Labute approximate surface area is 148 Å². The van der Waals surface area contributed by atoms with Crippen molar-refractivity contribution >= 4 is 0 Å². The summed E-state index contributed by atoms with van der Waals surface area (Å²) < 4.78 is 4.34. The maximum Gasteiger partial charge on any atom is 0.123 e. The average molecular weight is 335 g/mol. The van der Waals surface area contributed by atoms with E-state index < -0.39 is 0 Å². The van der Waals surface area contributed by atoms with Crippen molar-refractivity contribution in [3.63, 3.8) is 0 Å². The van der Waals surface area contributed by atoms with Gasteiger partial charge in [-0.15, -0.1) is 0 Å². The van der Waals surface area contributed by atoms with Crippen LogP contribution in [0.4, 0.5) is 0 Å². The fraction of sp³-hybridized carbons (Fsp3) is 0.400. The Balaban J connectivity index is 1.44. The lowest BCUT2D eigenvalue weighted by Gasteiger charge is -2.24. The van der Waals surface area contributed by atoms with Gasteiger partial charge in [0.05, 0.1) is 19.3 Å². The number of imidazole rings is 1. The maximum atomic E-state index is 4.62. The molecule has 0 spiro atoms. The van der Waals surface area contributed by atoms with Crippen LogP contribution in [0.1, 0.15) is 29.8 Å². The topological polar surface area (TPSA) is 38.9 Å². The van der Waals surface area contributed by atoms with Crippen LogP contribution in [0.25, 0.3) is 0 Å². The third kappa shape index (κ3) is 3.82. The molecular weight excluding hydrogens is 310 g/mol. The number of nitrogens with zero attached hydrogens (tertiary/aromatic N) is 5. The Morgan fingerprint density at radius 3 is 2.84 bits per heavy atom. The largest absolute Gasteiger partial charge is 0.329 e. The summed E-state index contributed by atoms with van der Waals surface area (Å²) in [7, 11) is 0. The van der Waals surface area contributed by atoms with Crippen LogP contribution in [-0.4, -0.2) is 36.8 Å². The highest BCUT2D eigenvalue weighted by molar-refractivity contribution is 5.15. The first-order chi connectivity index (χ1) is 12.3. The molecule has 1 aromatic carbocycles. The van der Waals surface area contributed by atoms with E-state index >= 15 is 0 Å². The summed E-state index contributed by atoms with van der Waals surface area (Å²) in [6, 6.07) is 11.1. The summed E-state index contributed by atoms with van der Waals surface area (Å²) in [5.74, 6) is 1.15. The second kappa shape index (κ2) is 7.23. The normalized spacial score (nSPS) is 18.0. The van der Waals surface area contributed by atoms with Crippen molar-refractivity contribution in [2.45, 2.75) is 45.4 Å². The maximum absolute atomic E-state index is 4.62. The van der Waals surface area contributed by atoms with E-state index in [0.29, 0.717) is 6.04 Å². The highest BCUT2D eigenvalue weighted by Gasteiger charge is 2.26. The van der Waals surface area contributed by atoms with Crippen molar-refractivity contribution in [3.05, 3.63) is 72.1 Å². The smallest absolute Gasteiger partial charge is 0.123 e. The second-order valence-electron chi connectivity index (χ2n) is 6.96. The number of hydrogen-bond donors (Lipinski definition) is 0. The summed E-state index contributed by atoms with van der Waals surface area (Å²) in [5.41, 5.74) is 2.54. The molecule has 0 bridgehead atoms. The van der Waals surface area contributed by atoms with Crippen LogP contribution in [0, 0.1) is 6.92 Å². The zero-order chi connectivity index (χ0) is 17.1. The molecule has 130 valence electrons. The molecule has 0 N–H and O–H groups in total. The quantitative estimate of drug-likeness (QED) is 0.695. The fourth-order valence-corrected chi connectivity index (χ4v) is 3.69. The average Bonchev–Trinajstić information content (AvgIpc) is 3.34. The van der Waals surface area contributed by atoms with E-state index in [2.05, 4.69) is 73.9 Å². The molecular formula is C20H25N5. The van der Waals surface area contributed by atoms with Gasteiger partial charge in [0, 0.05) is 31.2 Å². The summed E-state index contributed by atoms with van der Waals surface area (Å²) in [4.78, 5) is 7.18. The Kier molecular flexibility index (Phi) is 4.65. The molecule has 0 saturated carbocycles. The minimum absolute atomic E-state index is 0.543. The van der Waals surface area contributed by atoms with Gasteiger partial charge in [-0.25, -0.2) is 4.98 Å². The van der Waals surface area contributed by atoms with E-state index in [-0.39, 0.29) is 0 Å². The molecule has 1 fully saturated rings. The lowest BCUT2D eigenvalue weighted by Crippen LogP contribution is -2.33. The highest BCUT2D eigenvalue weighted by atomic mass is 15.3. The fourth-order valence-electron chi connectivity index (χ4n) is 3.69. The van der Waals surface area contributed by atoms with Gasteiger partial charge < -0.3 is 4.57 Å². The van der Waals surface area contributed by atoms with E-state index in [9.17, 15) is 0 Å². The lowest BCUT2D eigenvalue weighted by atomic mass is 10.2. The summed E-state index contributed by atoms with van der Waals surface area (Å²) in [6.07, 6.45) is 10.6. The third-order valence-electron chi connectivity index (χ3n) is 5.00. The third-order valence-corrected chi connectivity index (χ3v) is 5.00. The Bertz CT molecular complexity index is 804. The van der Waals surface area contributed by atoms with Crippen LogP contribution < -0.4 is 0 Å². The number of benzene rings is 1. The van der Waals surface area contributed by atoms with E-state index in [1.807, 2.05) is 12.4 Å². The van der Waals surface area contributed by atoms with Crippen LogP contribution >= 0.6 is 0 Å². The number of aryl methyl sites for hydroxylation is 1. The van der Waals surface area contributed by atoms with Gasteiger partial charge in [0.1, 0.15) is 5.82 Å². The number of likely N-dealkylation sites (tertiary alicyclic amines) is 1. The van der Waals surface area contributed by atoms with Gasteiger partial charge in [0.15, 0.2) is 0 Å². The molecule has 4 rings (SSSR count). The van der Waals surface area contributed by atoms with Gasteiger partial charge in [-0.05, 0) is 37.4 Å². The molecule has 0 radical (unpaired) electrons. The SMILES string of the molecule is Cc1cnn(C[C@@H]2CCCN2Cc2nccn2Cc2ccccc2)c1.